The van der Waals surface area contributed by atoms with E-state index in [2.05, 4.69) is 0 Å². The highest BCUT2D eigenvalue weighted by molar-refractivity contribution is 5.40. The minimum absolute atomic E-state index is 0.286. The molecule has 0 radical (unpaired) electrons. The van der Waals surface area contributed by atoms with Crippen LogP contribution in [0.3, 0.4) is 0 Å². The summed E-state index contributed by atoms with van der Waals surface area (Å²) in [4.78, 5) is 0. The van der Waals surface area contributed by atoms with Crippen LogP contribution in [0.5, 0.6) is 0 Å². The molecule has 0 aliphatic heterocycles. The SMILES string of the molecule is CC1(C)CCC(C#N)(C#N)C1(C#N)C#N. The summed E-state index contributed by atoms with van der Waals surface area (Å²) in [6, 6.07) is 7.55. The molecule has 1 rings (SSSR count). The Balaban J connectivity index is 3.56. The summed E-state index contributed by atoms with van der Waals surface area (Å²) in [6.45, 7) is 3.52. The summed E-state index contributed by atoms with van der Waals surface area (Å²) in [6.07, 6.45) is 0.823. The van der Waals surface area contributed by atoms with Crippen LogP contribution in [0, 0.1) is 61.6 Å². The van der Waals surface area contributed by atoms with Gasteiger partial charge in [0.1, 0.15) is 0 Å². The third kappa shape index (κ3) is 0.971. The van der Waals surface area contributed by atoms with Crippen LogP contribution in [-0.4, -0.2) is 0 Å². The number of rotatable bonds is 0. The van der Waals surface area contributed by atoms with Gasteiger partial charge in [0.15, 0.2) is 10.8 Å². The van der Waals surface area contributed by atoms with E-state index in [9.17, 15) is 10.5 Å². The van der Waals surface area contributed by atoms with Gasteiger partial charge in [-0.1, -0.05) is 13.8 Å². The molecular formula is C11H10N4. The molecule has 4 heteroatoms. The van der Waals surface area contributed by atoms with Gasteiger partial charge >= 0.3 is 0 Å². The molecule has 1 aliphatic rings. The minimum Gasteiger partial charge on any atom is -0.196 e. The van der Waals surface area contributed by atoms with E-state index in [1.54, 1.807) is 13.8 Å². The van der Waals surface area contributed by atoms with Crippen LogP contribution in [0.25, 0.3) is 0 Å². The van der Waals surface area contributed by atoms with Crippen molar-refractivity contribution in [2.75, 3.05) is 0 Å². The maximum atomic E-state index is 9.18. The van der Waals surface area contributed by atoms with Crippen molar-refractivity contribution in [1.29, 1.82) is 21.0 Å². The lowest BCUT2D eigenvalue weighted by Gasteiger charge is -2.33. The van der Waals surface area contributed by atoms with Gasteiger partial charge in [0.2, 0.25) is 0 Å². The van der Waals surface area contributed by atoms with Crippen molar-refractivity contribution >= 4 is 0 Å². The monoisotopic (exact) mass is 198 g/mol. The Morgan fingerprint density at radius 1 is 0.800 bits per heavy atom. The summed E-state index contributed by atoms with van der Waals surface area (Å²) >= 11 is 0. The Bertz CT molecular complexity index is 419. The molecule has 0 saturated heterocycles. The fourth-order valence-corrected chi connectivity index (χ4v) is 2.28. The van der Waals surface area contributed by atoms with Gasteiger partial charge in [-0.15, -0.1) is 0 Å². The van der Waals surface area contributed by atoms with Crippen LogP contribution in [0.4, 0.5) is 0 Å². The van der Waals surface area contributed by atoms with Crippen LogP contribution in [0.2, 0.25) is 0 Å². The summed E-state index contributed by atoms with van der Waals surface area (Å²) in [5.74, 6) is 0. The third-order valence-electron chi connectivity index (χ3n) is 3.50. The highest BCUT2D eigenvalue weighted by Gasteiger charge is 2.67. The van der Waals surface area contributed by atoms with Crippen molar-refractivity contribution in [2.24, 2.45) is 16.2 Å². The third-order valence-corrected chi connectivity index (χ3v) is 3.50. The minimum atomic E-state index is -1.52. The molecular weight excluding hydrogens is 188 g/mol. The molecule has 1 saturated carbocycles. The second kappa shape index (κ2) is 2.98. The first-order valence-corrected chi connectivity index (χ1v) is 4.60. The van der Waals surface area contributed by atoms with Gasteiger partial charge in [-0.25, -0.2) is 0 Å². The van der Waals surface area contributed by atoms with E-state index in [0.29, 0.717) is 6.42 Å². The zero-order valence-corrected chi connectivity index (χ0v) is 8.70. The first-order chi connectivity index (χ1) is 6.95. The largest absolute Gasteiger partial charge is 0.196 e. The average molecular weight is 198 g/mol. The second-order valence-corrected chi connectivity index (χ2v) is 4.49. The van der Waals surface area contributed by atoms with E-state index in [1.807, 2.05) is 24.3 Å². The van der Waals surface area contributed by atoms with E-state index < -0.39 is 16.2 Å². The molecule has 0 spiro atoms. The quantitative estimate of drug-likeness (QED) is 0.593. The van der Waals surface area contributed by atoms with Crippen molar-refractivity contribution in [1.82, 2.24) is 0 Å². The van der Waals surface area contributed by atoms with Crippen LogP contribution >= 0.6 is 0 Å². The van der Waals surface area contributed by atoms with Gasteiger partial charge in [0.05, 0.1) is 24.3 Å². The predicted molar refractivity (Wildman–Crippen MR) is 50.3 cm³/mol. The fraction of sp³-hybridized carbons (Fsp3) is 0.636. The van der Waals surface area contributed by atoms with E-state index >= 15 is 0 Å². The van der Waals surface area contributed by atoms with Crippen LogP contribution in [0.15, 0.2) is 0 Å². The van der Waals surface area contributed by atoms with E-state index in [-0.39, 0.29) is 6.42 Å². The molecule has 0 heterocycles. The summed E-state index contributed by atoms with van der Waals surface area (Å²) < 4.78 is 0. The zero-order chi connectivity index (χ0) is 11.7. The smallest absolute Gasteiger partial charge is 0.180 e. The highest BCUT2D eigenvalue weighted by Crippen LogP contribution is 2.61. The molecule has 0 aromatic heterocycles. The fourth-order valence-electron chi connectivity index (χ4n) is 2.28. The molecule has 4 nitrogen and oxygen atoms in total. The first-order valence-electron chi connectivity index (χ1n) is 4.60. The Kier molecular flexibility index (Phi) is 2.19. The van der Waals surface area contributed by atoms with Crippen LogP contribution in [0.1, 0.15) is 26.7 Å². The van der Waals surface area contributed by atoms with E-state index in [4.69, 9.17) is 10.5 Å². The average Bonchev–Trinajstić information content (AvgIpc) is 2.47. The standard InChI is InChI=1S/C11H10N4/c1-9(2)3-4-10(5-12,6-13)11(9,7-14)8-15/h3-4H2,1-2H3. The number of nitriles is 4. The van der Waals surface area contributed by atoms with Crippen LogP contribution in [-0.2, 0) is 0 Å². The second-order valence-electron chi connectivity index (χ2n) is 4.49. The molecule has 0 atom stereocenters. The molecule has 1 aliphatic carbocycles. The van der Waals surface area contributed by atoms with E-state index in [1.165, 1.54) is 0 Å². The number of hydrogen-bond acceptors (Lipinski definition) is 4. The van der Waals surface area contributed by atoms with Gasteiger partial charge in [-0.3, -0.25) is 0 Å². The first kappa shape index (κ1) is 11.0. The molecule has 0 N–H and O–H groups in total. The van der Waals surface area contributed by atoms with Crippen molar-refractivity contribution < 1.29 is 0 Å². The van der Waals surface area contributed by atoms with Crippen molar-refractivity contribution in [3.63, 3.8) is 0 Å². The van der Waals surface area contributed by atoms with Crippen LogP contribution < -0.4 is 0 Å². The molecule has 1 fully saturated rings. The van der Waals surface area contributed by atoms with Gasteiger partial charge in [0, 0.05) is 0 Å². The maximum absolute atomic E-state index is 9.18. The molecule has 74 valence electrons. The van der Waals surface area contributed by atoms with Crippen molar-refractivity contribution in [3.05, 3.63) is 0 Å². The summed E-state index contributed by atoms with van der Waals surface area (Å²) in [5.41, 5.74) is -3.63. The topological polar surface area (TPSA) is 95.2 Å². The highest BCUT2D eigenvalue weighted by atomic mass is 14.7. The molecule has 0 unspecified atom stereocenters. The molecule has 15 heavy (non-hydrogen) atoms. The lowest BCUT2D eigenvalue weighted by Crippen LogP contribution is -2.41. The van der Waals surface area contributed by atoms with Gasteiger partial charge in [-0.05, 0) is 18.3 Å². The van der Waals surface area contributed by atoms with E-state index in [0.717, 1.165) is 0 Å². The Morgan fingerprint density at radius 2 is 1.27 bits per heavy atom. The molecule has 0 amide bonds. The zero-order valence-electron chi connectivity index (χ0n) is 8.70. The van der Waals surface area contributed by atoms with Crippen molar-refractivity contribution in [3.8, 4) is 24.3 Å². The number of hydrogen-bond donors (Lipinski definition) is 0. The molecule has 0 aromatic rings. The Morgan fingerprint density at radius 3 is 1.53 bits per heavy atom. The number of nitrogens with zero attached hydrogens (tertiary/aromatic N) is 4. The maximum Gasteiger partial charge on any atom is 0.180 e. The van der Waals surface area contributed by atoms with Gasteiger partial charge in [-0.2, -0.15) is 21.0 Å². The Labute approximate surface area is 89.0 Å². The van der Waals surface area contributed by atoms with Gasteiger partial charge < -0.3 is 0 Å². The van der Waals surface area contributed by atoms with Gasteiger partial charge in [0.25, 0.3) is 0 Å². The summed E-state index contributed by atoms with van der Waals surface area (Å²) in [7, 11) is 0. The predicted octanol–water partition coefficient (Wildman–Crippen LogP) is 1.87. The van der Waals surface area contributed by atoms with Crippen molar-refractivity contribution in [2.45, 2.75) is 26.7 Å². The summed E-state index contributed by atoms with van der Waals surface area (Å²) in [5, 5.41) is 36.5. The lowest BCUT2D eigenvalue weighted by molar-refractivity contribution is 0.189. The molecule has 0 bridgehead atoms. The normalized spacial score (nSPS) is 24.1. The Hall–Kier alpha value is -2.04. The lowest BCUT2D eigenvalue weighted by atomic mass is 9.60. The molecule has 0 aromatic carbocycles.